The van der Waals surface area contributed by atoms with Crippen LogP contribution in [-0.4, -0.2) is 37.2 Å². The topological polar surface area (TPSA) is 78.9 Å². The molecule has 1 unspecified atom stereocenters. The van der Waals surface area contributed by atoms with Crippen molar-refractivity contribution in [3.05, 3.63) is 158 Å². The summed E-state index contributed by atoms with van der Waals surface area (Å²) < 4.78 is 16.9. The van der Waals surface area contributed by atoms with E-state index in [-0.39, 0.29) is 31.1 Å². The Balaban J connectivity index is 4.34. The third kappa shape index (κ3) is 65.7. The molecule has 1 atom stereocenters. The lowest BCUT2D eigenvalue weighted by atomic mass is 10.1. The van der Waals surface area contributed by atoms with E-state index in [1.54, 1.807) is 0 Å². The number of carbonyl (C=O) groups is 3. The maximum atomic E-state index is 12.9. The summed E-state index contributed by atoms with van der Waals surface area (Å²) in [6, 6.07) is 0. The molecule has 0 aromatic heterocycles. The van der Waals surface area contributed by atoms with E-state index < -0.39 is 6.10 Å². The van der Waals surface area contributed by atoms with Crippen LogP contribution in [0.5, 0.6) is 0 Å². The lowest BCUT2D eigenvalue weighted by Gasteiger charge is -2.18. The average molecular weight is 1120 g/mol. The zero-order valence-corrected chi connectivity index (χ0v) is 52.2. The van der Waals surface area contributed by atoms with Crippen LogP contribution in [0.15, 0.2) is 158 Å². The van der Waals surface area contributed by atoms with E-state index in [0.29, 0.717) is 19.3 Å². The summed E-state index contributed by atoms with van der Waals surface area (Å²) in [7, 11) is 0. The van der Waals surface area contributed by atoms with Crippen LogP contribution in [0.25, 0.3) is 0 Å². The first-order chi connectivity index (χ1) is 40.0. The molecule has 456 valence electrons. The Morgan fingerprint density at radius 3 is 0.790 bits per heavy atom. The van der Waals surface area contributed by atoms with Crippen molar-refractivity contribution >= 4 is 17.9 Å². The first-order valence-corrected chi connectivity index (χ1v) is 33.0. The molecule has 0 radical (unpaired) electrons. The molecule has 0 amide bonds. The summed E-state index contributed by atoms with van der Waals surface area (Å²) in [6.45, 7) is 6.44. The van der Waals surface area contributed by atoms with Gasteiger partial charge < -0.3 is 14.2 Å². The van der Waals surface area contributed by atoms with Crippen molar-refractivity contribution in [3.8, 4) is 0 Å². The molecule has 0 aliphatic carbocycles. The fourth-order valence-corrected chi connectivity index (χ4v) is 8.55. The van der Waals surface area contributed by atoms with Crippen LogP contribution in [0, 0.1) is 0 Å². The number of hydrogen-bond donors (Lipinski definition) is 0. The van der Waals surface area contributed by atoms with Crippen molar-refractivity contribution in [2.45, 2.75) is 284 Å². The van der Waals surface area contributed by atoms with E-state index in [4.69, 9.17) is 14.2 Å². The van der Waals surface area contributed by atoms with Gasteiger partial charge in [0.25, 0.3) is 0 Å². The smallest absolute Gasteiger partial charge is 0.306 e. The molecule has 0 fully saturated rings. The average Bonchev–Trinajstić information content (AvgIpc) is 3.46. The van der Waals surface area contributed by atoms with Crippen LogP contribution in [0.4, 0.5) is 0 Å². The van der Waals surface area contributed by atoms with Crippen LogP contribution in [0.3, 0.4) is 0 Å². The molecular weight excluding hydrogens is 997 g/mol. The van der Waals surface area contributed by atoms with Crippen molar-refractivity contribution in [2.24, 2.45) is 0 Å². The van der Waals surface area contributed by atoms with Gasteiger partial charge in [0.15, 0.2) is 6.10 Å². The van der Waals surface area contributed by atoms with Crippen LogP contribution in [-0.2, 0) is 28.6 Å². The van der Waals surface area contributed by atoms with E-state index in [1.165, 1.54) is 64.2 Å². The number of rotatable bonds is 58. The zero-order valence-electron chi connectivity index (χ0n) is 52.2. The Bertz CT molecular complexity index is 1810. The Kier molecular flexibility index (Phi) is 63.4. The lowest BCUT2D eigenvalue weighted by Crippen LogP contribution is -2.30. The minimum Gasteiger partial charge on any atom is -0.462 e. The SMILES string of the molecule is CC/C=C\C/C=C\C/C=C\C/C=C\C/C=C\C/C=C\C/C=C\C/C=C\C/C=C\C/C=C\CCCCCCC(=O)OCC(COC(=O)CCCCCCC/C=C\CCCCCC)OC(=O)CCCCCCC/C=C\C/C=C\CCCCC. The van der Waals surface area contributed by atoms with Crippen molar-refractivity contribution in [1.82, 2.24) is 0 Å². The molecule has 0 rings (SSSR count). The first kappa shape index (κ1) is 76.0. The number of unbranched alkanes of at least 4 members (excludes halogenated alkanes) is 21. The van der Waals surface area contributed by atoms with Gasteiger partial charge in [-0.15, -0.1) is 0 Å². The van der Waals surface area contributed by atoms with Gasteiger partial charge in [-0.2, -0.15) is 0 Å². The third-order valence-corrected chi connectivity index (χ3v) is 13.5. The number of hydrogen-bond acceptors (Lipinski definition) is 6. The molecule has 0 aromatic rings. The standard InChI is InChI=1S/C75H120O6/c1-4-7-10-13-16-19-22-25-27-28-29-30-31-32-33-34-35-36-37-38-39-40-41-42-43-44-45-46-48-50-53-56-59-62-65-68-74(77)80-71-72(70-79-73(76)67-64-61-58-55-52-49-24-21-18-15-12-9-6-3)81-75(78)69-66-63-60-57-54-51-47-26-23-20-17-14-11-8-5-2/h7,10,16-17,19-21,24-27,29-30,32-33,35-36,38-39,41-42,44-45,47-48,50,72H,4-6,8-9,11-15,18,22-23,28,31,34,37,40,43,46,49,51-71H2,1-3H3/b10-7-,19-16-,20-17-,24-21-,27-25-,30-29-,33-32-,36-35-,39-38-,42-41-,45-44-,47-26-,50-48-. The maximum absolute atomic E-state index is 12.9. The largest absolute Gasteiger partial charge is 0.462 e. The molecule has 6 heteroatoms. The van der Waals surface area contributed by atoms with E-state index in [0.717, 1.165) is 173 Å². The highest BCUT2D eigenvalue weighted by Gasteiger charge is 2.19. The molecule has 0 aliphatic rings. The van der Waals surface area contributed by atoms with Crippen LogP contribution in [0.2, 0.25) is 0 Å². The second kappa shape index (κ2) is 67.5. The minimum absolute atomic E-state index is 0.101. The molecule has 0 bridgehead atoms. The minimum atomic E-state index is -0.806. The van der Waals surface area contributed by atoms with Gasteiger partial charge in [0, 0.05) is 19.3 Å². The van der Waals surface area contributed by atoms with Gasteiger partial charge in [0.05, 0.1) is 0 Å². The van der Waals surface area contributed by atoms with E-state index >= 15 is 0 Å². The number of allylic oxidation sites excluding steroid dienone is 26. The van der Waals surface area contributed by atoms with Crippen LogP contribution in [0.1, 0.15) is 278 Å². The summed E-state index contributed by atoms with van der Waals surface area (Å²) in [5.41, 5.74) is 0. The third-order valence-electron chi connectivity index (χ3n) is 13.5. The fraction of sp³-hybridized carbons (Fsp3) is 0.613. The molecule has 0 saturated heterocycles. The van der Waals surface area contributed by atoms with E-state index in [9.17, 15) is 14.4 Å². The highest BCUT2D eigenvalue weighted by Crippen LogP contribution is 2.14. The van der Waals surface area contributed by atoms with Gasteiger partial charge in [-0.1, -0.05) is 262 Å². The van der Waals surface area contributed by atoms with Gasteiger partial charge >= 0.3 is 17.9 Å². The molecular formula is C75H120O6. The first-order valence-electron chi connectivity index (χ1n) is 33.0. The fourth-order valence-electron chi connectivity index (χ4n) is 8.55. The molecule has 0 spiro atoms. The molecule has 0 aromatic carbocycles. The molecule has 0 saturated carbocycles. The zero-order chi connectivity index (χ0) is 58.5. The molecule has 81 heavy (non-hydrogen) atoms. The molecule has 6 nitrogen and oxygen atoms in total. The molecule has 0 aliphatic heterocycles. The van der Waals surface area contributed by atoms with Crippen LogP contribution < -0.4 is 0 Å². The van der Waals surface area contributed by atoms with Gasteiger partial charge in [0.2, 0.25) is 0 Å². The van der Waals surface area contributed by atoms with Crippen molar-refractivity contribution in [3.63, 3.8) is 0 Å². The second-order valence-electron chi connectivity index (χ2n) is 21.3. The lowest BCUT2D eigenvalue weighted by molar-refractivity contribution is -0.167. The Labute approximate surface area is 499 Å². The number of ether oxygens (including phenoxy) is 3. The predicted molar refractivity (Wildman–Crippen MR) is 352 cm³/mol. The molecule has 0 N–H and O–H groups in total. The van der Waals surface area contributed by atoms with Crippen molar-refractivity contribution in [2.75, 3.05) is 13.2 Å². The summed E-state index contributed by atoms with van der Waals surface area (Å²) in [6.07, 6.45) is 98.2. The molecule has 0 heterocycles. The summed E-state index contributed by atoms with van der Waals surface area (Å²) in [5, 5.41) is 0. The van der Waals surface area contributed by atoms with Gasteiger partial charge in [0.1, 0.15) is 13.2 Å². The Hall–Kier alpha value is -4.97. The highest BCUT2D eigenvalue weighted by atomic mass is 16.6. The normalized spacial score (nSPS) is 13.2. The summed E-state index contributed by atoms with van der Waals surface area (Å²) in [5.74, 6) is -0.951. The summed E-state index contributed by atoms with van der Waals surface area (Å²) >= 11 is 0. The van der Waals surface area contributed by atoms with E-state index in [2.05, 4.69) is 179 Å². The predicted octanol–water partition coefficient (Wildman–Crippen LogP) is 22.9. The summed E-state index contributed by atoms with van der Waals surface area (Å²) in [4.78, 5) is 38.3. The highest BCUT2D eigenvalue weighted by molar-refractivity contribution is 5.71. The monoisotopic (exact) mass is 1120 g/mol. The van der Waals surface area contributed by atoms with Gasteiger partial charge in [-0.25, -0.2) is 0 Å². The quantitative estimate of drug-likeness (QED) is 0.0261. The van der Waals surface area contributed by atoms with Crippen LogP contribution >= 0.6 is 0 Å². The maximum Gasteiger partial charge on any atom is 0.306 e. The van der Waals surface area contributed by atoms with E-state index in [1.807, 2.05) is 0 Å². The Morgan fingerprint density at radius 2 is 0.481 bits per heavy atom. The Morgan fingerprint density at radius 1 is 0.259 bits per heavy atom. The number of carbonyl (C=O) groups excluding carboxylic acids is 3. The van der Waals surface area contributed by atoms with Gasteiger partial charge in [-0.05, 0) is 154 Å². The van der Waals surface area contributed by atoms with Gasteiger partial charge in [-0.3, -0.25) is 14.4 Å². The van der Waals surface area contributed by atoms with Crippen molar-refractivity contribution < 1.29 is 28.6 Å². The van der Waals surface area contributed by atoms with Crippen molar-refractivity contribution in [1.29, 1.82) is 0 Å². The number of esters is 3. The second-order valence-corrected chi connectivity index (χ2v) is 21.3.